The number of ether oxygens (including phenoxy) is 1. The standard InChI is InChI=1S/C11H12ClNO2/c1-2-15-10-5-3-8(7-9(10)12)4-6-11(13)14/h3-7H,2H2,1H3,(H2,13,14)/b6-4-. The van der Waals surface area contributed by atoms with Crippen LogP contribution in [0.1, 0.15) is 12.5 Å². The van der Waals surface area contributed by atoms with E-state index in [2.05, 4.69) is 0 Å². The Labute approximate surface area is 93.5 Å². The van der Waals surface area contributed by atoms with Crippen LogP contribution in [-0.4, -0.2) is 12.5 Å². The summed E-state index contributed by atoms with van der Waals surface area (Å²) in [7, 11) is 0. The van der Waals surface area contributed by atoms with Crippen molar-refractivity contribution in [3.05, 3.63) is 34.9 Å². The number of primary amides is 1. The van der Waals surface area contributed by atoms with Crippen LogP contribution in [0.25, 0.3) is 6.08 Å². The van der Waals surface area contributed by atoms with Crippen LogP contribution >= 0.6 is 11.6 Å². The molecule has 15 heavy (non-hydrogen) atoms. The molecule has 0 atom stereocenters. The molecule has 0 spiro atoms. The number of rotatable bonds is 4. The average Bonchev–Trinajstić information content (AvgIpc) is 2.19. The molecule has 0 aliphatic rings. The molecule has 0 heterocycles. The second kappa shape index (κ2) is 5.41. The van der Waals surface area contributed by atoms with Crippen molar-refractivity contribution in [1.82, 2.24) is 0 Å². The largest absolute Gasteiger partial charge is 0.492 e. The molecule has 1 aromatic rings. The lowest BCUT2D eigenvalue weighted by atomic mass is 10.2. The van der Waals surface area contributed by atoms with Crippen LogP contribution in [0.3, 0.4) is 0 Å². The highest BCUT2D eigenvalue weighted by Gasteiger charge is 2.00. The van der Waals surface area contributed by atoms with Gasteiger partial charge in [-0.05, 0) is 30.7 Å². The number of benzene rings is 1. The maximum Gasteiger partial charge on any atom is 0.241 e. The Kier molecular flexibility index (Phi) is 4.18. The third-order valence-corrected chi connectivity index (χ3v) is 1.99. The molecule has 80 valence electrons. The predicted molar refractivity (Wildman–Crippen MR) is 60.8 cm³/mol. The van der Waals surface area contributed by atoms with Gasteiger partial charge in [0.2, 0.25) is 5.91 Å². The number of nitrogens with two attached hydrogens (primary N) is 1. The van der Waals surface area contributed by atoms with Crippen molar-refractivity contribution in [2.45, 2.75) is 6.92 Å². The molecule has 1 rings (SSSR count). The Bertz CT molecular complexity index is 388. The van der Waals surface area contributed by atoms with E-state index in [1.165, 1.54) is 6.08 Å². The maximum absolute atomic E-state index is 10.5. The van der Waals surface area contributed by atoms with Gasteiger partial charge in [-0.25, -0.2) is 0 Å². The first-order valence-electron chi connectivity index (χ1n) is 4.53. The minimum atomic E-state index is -0.486. The highest BCUT2D eigenvalue weighted by Crippen LogP contribution is 2.25. The van der Waals surface area contributed by atoms with E-state index >= 15 is 0 Å². The highest BCUT2D eigenvalue weighted by molar-refractivity contribution is 6.32. The van der Waals surface area contributed by atoms with Crippen LogP contribution in [0.2, 0.25) is 5.02 Å². The van der Waals surface area contributed by atoms with Gasteiger partial charge in [-0.3, -0.25) is 4.79 Å². The molecule has 3 nitrogen and oxygen atoms in total. The van der Waals surface area contributed by atoms with E-state index in [1.54, 1.807) is 24.3 Å². The van der Waals surface area contributed by atoms with Crippen LogP contribution < -0.4 is 10.5 Å². The van der Waals surface area contributed by atoms with Gasteiger partial charge >= 0.3 is 0 Å². The topological polar surface area (TPSA) is 52.3 Å². The summed E-state index contributed by atoms with van der Waals surface area (Å²) in [5, 5.41) is 0.517. The molecule has 4 heteroatoms. The fraction of sp³-hybridized carbons (Fsp3) is 0.182. The zero-order chi connectivity index (χ0) is 11.3. The van der Waals surface area contributed by atoms with Gasteiger partial charge in [-0.1, -0.05) is 17.7 Å². The van der Waals surface area contributed by atoms with Crippen molar-refractivity contribution >= 4 is 23.6 Å². The second-order valence-electron chi connectivity index (χ2n) is 2.86. The SMILES string of the molecule is CCOc1ccc(/C=C\C(N)=O)cc1Cl. The molecule has 0 unspecified atom stereocenters. The van der Waals surface area contributed by atoms with Gasteiger partial charge in [0.25, 0.3) is 0 Å². The quantitative estimate of drug-likeness (QED) is 0.799. The molecule has 0 bridgehead atoms. The van der Waals surface area contributed by atoms with E-state index in [4.69, 9.17) is 22.1 Å². The Balaban J connectivity index is 2.86. The monoisotopic (exact) mass is 225 g/mol. The molecule has 0 saturated heterocycles. The molecule has 0 aliphatic heterocycles. The van der Waals surface area contributed by atoms with Crippen LogP contribution in [0.5, 0.6) is 5.75 Å². The predicted octanol–water partition coefficient (Wildman–Crippen LogP) is 2.24. The van der Waals surface area contributed by atoms with Gasteiger partial charge in [0.1, 0.15) is 5.75 Å². The second-order valence-corrected chi connectivity index (χ2v) is 3.27. The first-order chi connectivity index (χ1) is 7.13. The first kappa shape index (κ1) is 11.6. The summed E-state index contributed by atoms with van der Waals surface area (Å²) in [6.45, 7) is 2.45. The van der Waals surface area contributed by atoms with E-state index in [1.807, 2.05) is 6.92 Å². The summed E-state index contributed by atoms with van der Waals surface area (Å²) in [6.07, 6.45) is 2.88. The van der Waals surface area contributed by atoms with Gasteiger partial charge in [0.15, 0.2) is 0 Å². The number of amides is 1. The van der Waals surface area contributed by atoms with Crippen LogP contribution in [0.4, 0.5) is 0 Å². The molecule has 1 aromatic carbocycles. The van der Waals surface area contributed by atoms with Gasteiger partial charge in [-0.15, -0.1) is 0 Å². The average molecular weight is 226 g/mol. The summed E-state index contributed by atoms with van der Waals surface area (Å²) in [5.74, 6) is 0.149. The molecule has 1 amide bonds. The third-order valence-electron chi connectivity index (χ3n) is 1.70. The smallest absolute Gasteiger partial charge is 0.241 e. The van der Waals surface area contributed by atoms with Crippen molar-refractivity contribution in [1.29, 1.82) is 0 Å². The van der Waals surface area contributed by atoms with Gasteiger partial charge in [0.05, 0.1) is 11.6 Å². The Hall–Kier alpha value is -1.48. The van der Waals surface area contributed by atoms with Gasteiger partial charge in [0, 0.05) is 6.08 Å². The Morgan fingerprint density at radius 1 is 1.60 bits per heavy atom. The molecule has 0 radical (unpaired) electrons. The Morgan fingerprint density at radius 2 is 2.33 bits per heavy atom. The fourth-order valence-corrected chi connectivity index (χ4v) is 1.32. The maximum atomic E-state index is 10.5. The molecule has 0 saturated carbocycles. The third kappa shape index (κ3) is 3.64. The summed E-state index contributed by atoms with van der Waals surface area (Å²) >= 11 is 5.95. The number of halogens is 1. The zero-order valence-corrected chi connectivity index (χ0v) is 9.12. The number of hydrogen-bond donors (Lipinski definition) is 1. The lowest BCUT2D eigenvalue weighted by molar-refractivity contribution is -0.113. The summed E-state index contributed by atoms with van der Waals surface area (Å²) < 4.78 is 5.27. The van der Waals surface area contributed by atoms with E-state index in [0.717, 1.165) is 5.56 Å². The number of carbonyl (C=O) groups excluding carboxylic acids is 1. The van der Waals surface area contributed by atoms with Crippen molar-refractivity contribution in [2.75, 3.05) is 6.61 Å². The lowest BCUT2D eigenvalue weighted by Gasteiger charge is -2.05. The van der Waals surface area contributed by atoms with Crippen LogP contribution in [0, 0.1) is 0 Å². The van der Waals surface area contributed by atoms with Gasteiger partial charge < -0.3 is 10.5 Å². The molecule has 2 N–H and O–H groups in total. The summed E-state index contributed by atoms with van der Waals surface area (Å²) in [5.41, 5.74) is 5.78. The zero-order valence-electron chi connectivity index (χ0n) is 8.37. The fourth-order valence-electron chi connectivity index (χ4n) is 1.07. The van der Waals surface area contributed by atoms with Crippen molar-refractivity contribution in [2.24, 2.45) is 5.73 Å². The van der Waals surface area contributed by atoms with E-state index in [-0.39, 0.29) is 0 Å². The minimum absolute atomic E-state index is 0.486. The molecule has 0 aromatic heterocycles. The van der Waals surface area contributed by atoms with Crippen LogP contribution in [-0.2, 0) is 4.79 Å². The number of hydrogen-bond acceptors (Lipinski definition) is 2. The summed E-state index contributed by atoms with van der Waals surface area (Å²) in [4.78, 5) is 10.5. The molecule has 0 fully saturated rings. The highest BCUT2D eigenvalue weighted by atomic mass is 35.5. The molecular weight excluding hydrogens is 214 g/mol. The van der Waals surface area contributed by atoms with E-state index in [0.29, 0.717) is 17.4 Å². The lowest BCUT2D eigenvalue weighted by Crippen LogP contribution is -2.05. The summed E-state index contributed by atoms with van der Waals surface area (Å²) in [6, 6.07) is 5.27. The van der Waals surface area contributed by atoms with Crippen LogP contribution in [0.15, 0.2) is 24.3 Å². The van der Waals surface area contributed by atoms with E-state index in [9.17, 15) is 4.79 Å². The normalized spacial score (nSPS) is 10.5. The van der Waals surface area contributed by atoms with Crippen molar-refractivity contribution in [3.63, 3.8) is 0 Å². The molecular formula is C11H12ClNO2. The van der Waals surface area contributed by atoms with Crippen molar-refractivity contribution < 1.29 is 9.53 Å². The first-order valence-corrected chi connectivity index (χ1v) is 4.91. The van der Waals surface area contributed by atoms with Crippen molar-refractivity contribution in [3.8, 4) is 5.75 Å². The minimum Gasteiger partial charge on any atom is -0.492 e. The number of carbonyl (C=O) groups is 1. The van der Waals surface area contributed by atoms with Gasteiger partial charge in [-0.2, -0.15) is 0 Å². The Morgan fingerprint density at radius 3 is 2.87 bits per heavy atom. The molecule has 0 aliphatic carbocycles. The van der Waals surface area contributed by atoms with E-state index < -0.39 is 5.91 Å².